The van der Waals surface area contributed by atoms with Crippen molar-refractivity contribution in [1.29, 1.82) is 0 Å². The first kappa shape index (κ1) is 29.6. The molecular weight excluding hydrogens is 530 g/mol. The fourth-order valence-corrected chi connectivity index (χ4v) is 6.20. The Labute approximate surface area is 218 Å². The number of rotatable bonds is 9. The highest BCUT2D eigenvalue weighted by Crippen LogP contribution is 2.57. The number of benzene rings is 2. The molecule has 0 bridgehead atoms. The van der Waals surface area contributed by atoms with Crippen LogP contribution in [0.4, 0.5) is 17.6 Å². The SMILES string of the molecule is CCOC(=O)C(C(=O)OCC)C1c2ccccc2C(F)(F)C(F)(F)c2ccc(S(=O)(=O)N(CC)CC)cc21. The summed E-state index contributed by atoms with van der Waals surface area (Å²) in [5.74, 6) is -15.7. The highest BCUT2D eigenvalue weighted by atomic mass is 32.2. The van der Waals surface area contributed by atoms with E-state index in [1.807, 2.05) is 0 Å². The van der Waals surface area contributed by atoms with E-state index in [-0.39, 0.29) is 26.3 Å². The van der Waals surface area contributed by atoms with Crippen LogP contribution in [0, 0.1) is 5.92 Å². The van der Waals surface area contributed by atoms with Gasteiger partial charge in [0.05, 0.1) is 18.1 Å². The molecule has 0 N–H and O–H groups in total. The van der Waals surface area contributed by atoms with Crippen molar-refractivity contribution in [3.8, 4) is 0 Å². The smallest absolute Gasteiger partial charge is 0.340 e. The summed E-state index contributed by atoms with van der Waals surface area (Å²) in [7, 11) is -4.23. The molecule has 0 heterocycles. The average Bonchev–Trinajstić information content (AvgIpc) is 2.92. The number of esters is 2. The number of fused-ring (bicyclic) bond motifs is 2. The molecule has 7 nitrogen and oxygen atoms in total. The molecule has 1 unspecified atom stereocenters. The molecule has 1 aliphatic rings. The molecule has 1 atom stereocenters. The number of ether oxygens (including phenoxy) is 2. The molecule has 0 radical (unpaired) electrons. The van der Waals surface area contributed by atoms with Crippen LogP contribution in [0.2, 0.25) is 0 Å². The number of hydrogen-bond donors (Lipinski definition) is 0. The highest BCUT2D eigenvalue weighted by molar-refractivity contribution is 7.89. The fourth-order valence-electron chi connectivity index (χ4n) is 4.71. The van der Waals surface area contributed by atoms with E-state index >= 15 is 17.6 Å². The minimum absolute atomic E-state index is 0.0602. The van der Waals surface area contributed by atoms with Gasteiger partial charge in [0.25, 0.3) is 0 Å². The minimum atomic E-state index is -4.82. The molecule has 0 aliphatic heterocycles. The lowest BCUT2D eigenvalue weighted by Crippen LogP contribution is -2.36. The number of hydrogen-bond acceptors (Lipinski definition) is 6. The molecule has 2 aromatic rings. The lowest BCUT2D eigenvalue weighted by atomic mass is 9.78. The molecule has 0 saturated heterocycles. The van der Waals surface area contributed by atoms with E-state index in [1.165, 1.54) is 19.9 Å². The van der Waals surface area contributed by atoms with Crippen molar-refractivity contribution in [1.82, 2.24) is 4.31 Å². The highest BCUT2D eigenvalue weighted by Gasteiger charge is 2.63. The van der Waals surface area contributed by atoms with Crippen molar-refractivity contribution in [3.63, 3.8) is 0 Å². The zero-order valence-corrected chi connectivity index (χ0v) is 22.2. The Balaban J connectivity index is 2.48. The molecule has 12 heteroatoms. The number of nitrogens with zero attached hydrogens (tertiary/aromatic N) is 1. The third kappa shape index (κ3) is 4.79. The van der Waals surface area contributed by atoms with Crippen LogP contribution in [0.15, 0.2) is 47.4 Å². The molecule has 3 rings (SSSR count). The summed E-state index contributed by atoms with van der Waals surface area (Å²) in [5, 5.41) is 0. The van der Waals surface area contributed by atoms with E-state index < -0.39 is 72.8 Å². The van der Waals surface area contributed by atoms with Crippen LogP contribution < -0.4 is 0 Å². The molecule has 0 aromatic heterocycles. The van der Waals surface area contributed by atoms with Crippen molar-refractivity contribution < 1.29 is 45.0 Å². The monoisotopic (exact) mass is 559 g/mol. The normalized spacial score (nSPS) is 17.9. The molecule has 38 heavy (non-hydrogen) atoms. The first-order valence-electron chi connectivity index (χ1n) is 12.1. The van der Waals surface area contributed by atoms with Crippen LogP contribution in [-0.2, 0) is 40.9 Å². The summed E-state index contributed by atoms with van der Waals surface area (Å²) in [6, 6.07) is 6.62. The summed E-state index contributed by atoms with van der Waals surface area (Å²) in [5.41, 5.74) is -3.36. The molecule has 2 aromatic carbocycles. The largest absolute Gasteiger partial charge is 0.465 e. The lowest BCUT2D eigenvalue weighted by molar-refractivity contribution is -0.223. The van der Waals surface area contributed by atoms with E-state index in [0.29, 0.717) is 6.07 Å². The van der Waals surface area contributed by atoms with Gasteiger partial charge in [0.2, 0.25) is 10.0 Å². The number of alkyl halides is 4. The maximum Gasteiger partial charge on any atom is 0.340 e. The predicted molar refractivity (Wildman–Crippen MR) is 129 cm³/mol. The molecule has 208 valence electrons. The second kappa shape index (κ2) is 11.0. The van der Waals surface area contributed by atoms with Gasteiger partial charge in [0, 0.05) is 30.1 Å². The lowest BCUT2D eigenvalue weighted by Gasteiger charge is -2.28. The van der Waals surface area contributed by atoms with Crippen molar-refractivity contribution in [2.24, 2.45) is 5.92 Å². The van der Waals surface area contributed by atoms with Gasteiger partial charge in [-0.15, -0.1) is 0 Å². The summed E-state index contributed by atoms with van der Waals surface area (Å²) < 4.78 is 99.9. The third-order valence-corrected chi connectivity index (χ3v) is 8.53. The van der Waals surface area contributed by atoms with E-state index in [1.54, 1.807) is 13.8 Å². The Hall–Kier alpha value is -2.99. The van der Waals surface area contributed by atoms with E-state index in [0.717, 1.165) is 34.6 Å². The van der Waals surface area contributed by atoms with Gasteiger partial charge in [0.1, 0.15) is 0 Å². The standard InChI is InChI=1S/C26H29F4NO6S/c1-5-31(6-2)38(34,35)16-13-14-20-18(15-16)21(22(23(32)36-7-3)24(33)37-8-4)17-11-9-10-12-19(17)25(27,28)26(20,29)30/h9-15,21-22H,5-8H2,1-4H3. The Morgan fingerprint density at radius 2 is 1.34 bits per heavy atom. The van der Waals surface area contributed by atoms with Crippen LogP contribution in [0.5, 0.6) is 0 Å². The topological polar surface area (TPSA) is 90.0 Å². The Morgan fingerprint density at radius 3 is 1.84 bits per heavy atom. The van der Waals surface area contributed by atoms with Gasteiger partial charge in [-0.25, -0.2) is 8.42 Å². The Morgan fingerprint density at radius 1 is 0.842 bits per heavy atom. The minimum Gasteiger partial charge on any atom is -0.465 e. The summed E-state index contributed by atoms with van der Waals surface area (Å²) >= 11 is 0. The summed E-state index contributed by atoms with van der Waals surface area (Å²) in [6.45, 7) is 5.79. The number of carbonyl (C=O) groups is 2. The Bertz CT molecular complexity index is 1290. The quantitative estimate of drug-likeness (QED) is 0.249. The molecule has 0 amide bonds. The van der Waals surface area contributed by atoms with Crippen LogP contribution in [0.1, 0.15) is 55.9 Å². The van der Waals surface area contributed by atoms with Crippen LogP contribution in [0.25, 0.3) is 0 Å². The fraction of sp³-hybridized carbons (Fsp3) is 0.462. The van der Waals surface area contributed by atoms with Gasteiger partial charge >= 0.3 is 23.8 Å². The van der Waals surface area contributed by atoms with Crippen LogP contribution in [-0.4, -0.2) is 51.0 Å². The van der Waals surface area contributed by atoms with Crippen molar-refractivity contribution in [2.75, 3.05) is 26.3 Å². The van der Waals surface area contributed by atoms with Gasteiger partial charge in [0.15, 0.2) is 5.92 Å². The van der Waals surface area contributed by atoms with Crippen LogP contribution >= 0.6 is 0 Å². The van der Waals surface area contributed by atoms with E-state index in [2.05, 4.69) is 0 Å². The second-order valence-electron chi connectivity index (χ2n) is 8.53. The van der Waals surface area contributed by atoms with Gasteiger partial charge in [-0.3, -0.25) is 9.59 Å². The third-order valence-electron chi connectivity index (χ3n) is 6.48. The molecular formula is C26H29F4NO6S. The maximum absolute atomic E-state index is 15.6. The number of sulfonamides is 1. The van der Waals surface area contributed by atoms with Gasteiger partial charge < -0.3 is 9.47 Å². The zero-order chi connectivity index (χ0) is 28.5. The molecule has 1 aliphatic carbocycles. The van der Waals surface area contributed by atoms with Gasteiger partial charge in [-0.1, -0.05) is 44.2 Å². The first-order chi connectivity index (χ1) is 17.8. The Kier molecular flexibility index (Phi) is 8.57. The van der Waals surface area contributed by atoms with E-state index in [4.69, 9.17) is 9.47 Å². The maximum atomic E-state index is 15.6. The second-order valence-corrected chi connectivity index (χ2v) is 10.5. The zero-order valence-electron chi connectivity index (χ0n) is 21.3. The predicted octanol–water partition coefficient (Wildman–Crippen LogP) is 4.79. The molecule has 0 saturated carbocycles. The van der Waals surface area contributed by atoms with E-state index in [9.17, 15) is 18.0 Å². The number of carbonyl (C=O) groups excluding carboxylic acids is 2. The van der Waals surface area contributed by atoms with Crippen molar-refractivity contribution in [2.45, 2.75) is 50.4 Å². The van der Waals surface area contributed by atoms with Crippen molar-refractivity contribution in [3.05, 3.63) is 64.7 Å². The van der Waals surface area contributed by atoms with Gasteiger partial charge in [-0.2, -0.15) is 21.9 Å². The van der Waals surface area contributed by atoms with Gasteiger partial charge in [-0.05, 0) is 37.1 Å². The average molecular weight is 560 g/mol. The summed E-state index contributed by atoms with van der Waals surface area (Å²) in [4.78, 5) is 25.7. The molecule has 0 spiro atoms. The molecule has 0 fully saturated rings. The first-order valence-corrected chi connectivity index (χ1v) is 13.6. The number of halogens is 4. The van der Waals surface area contributed by atoms with Crippen LogP contribution in [0.3, 0.4) is 0 Å². The summed E-state index contributed by atoms with van der Waals surface area (Å²) in [6.07, 6.45) is 0. The van der Waals surface area contributed by atoms with Crippen molar-refractivity contribution >= 4 is 22.0 Å².